The molecule has 0 amide bonds. The second-order valence-electron chi connectivity index (χ2n) is 3.76. The fraction of sp³-hybridized carbons (Fsp3) is 0.333. The van der Waals surface area contributed by atoms with E-state index in [9.17, 15) is 0 Å². The van der Waals surface area contributed by atoms with Gasteiger partial charge in [0.25, 0.3) is 0 Å². The summed E-state index contributed by atoms with van der Waals surface area (Å²) in [6.45, 7) is 3.99. The molecule has 0 aliphatic carbocycles. The normalized spacial score (nSPS) is 12.7. The molecule has 1 aromatic carbocycles. The van der Waals surface area contributed by atoms with Gasteiger partial charge in [0.15, 0.2) is 0 Å². The highest BCUT2D eigenvalue weighted by atomic mass is 79.9. The largest absolute Gasteiger partial charge is 0.419 e. The van der Waals surface area contributed by atoms with Crippen LogP contribution in [0.15, 0.2) is 22.6 Å². The van der Waals surface area contributed by atoms with Crippen LogP contribution in [0.25, 0.3) is 11.5 Å². The Labute approximate surface area is 113 Å². The minimum Gasteiger partial charge on any atom is -0.419 e. The first-order valence-electron chi connectivity index (χ1n) is 5.36. The predicted molar refractivity (Wildman–Crippen MR) is 71.4 cm³/mol. The van der Waals surface area contributed by atoms with Gasteiger partial charge in [-0.2, -0.15) is 0 Å². The topological polar surface area (TPSA) is 38.9 Å². The lowest BCUT2D eigenvalue weighted by atomic mass is 10.1. The maximum atomic E-state index is 6.21. The van der Waals surface area contributed by atoms with E-state index in [1.807, 2.05) is 32.0 Å². The molecular weight excluding hydrogens is 304 g/mol. The van der Waals surface area contributed by atoms with E-state index in [1.54, 1.807) is 0 Å². The Hall–Kier alpha value is -0.870. The van der Waals surface area contributed by atoms with Crippen LogP contribution in [-0.4, -0.2) is 10.2 Å². The molecule has 3 nitrogen and oxygen atoms in total. The van der Waals surface area contributed by atoms with E-state index >= 15 is 0 Å². The van der Waals surface area contributed by atoms with Crippen LogP contribution >= 0.6 is 27.5 Å². The Kier molecular flexibility index (Phi) is 3.84. The first kappa shape index (κ1) is 12.6. The maximum absolute atomic E-state index is 6.21. The van der Waals surface area contributed by atoms with Crippen molar-refractivity contribution in [1.82, 2.24) is 10.2 Å². The lowest BCUT2D eigenvalue weighted by molar-refractivity contribution is 0.500. The fourth-order valence-corrected chi connectivity index (χ4v) is 1.85. The molecule has 0 saturated heterocycles. The van der Waals surface area contributed by atoms with Crippen LogP contribution in [0.3, 0.4) is 0 Å². The molecule has 0 radical (unpaired) electrons. The number of benzene rings is 1. The van der Waals surface area contributed by atoms with Gasteiger partial charge in [-0.05, 0) is 25.0 Å². The monoisotopic (exact) mass is 314 g/mol. The molecule has 0 aliphatic heterocycles. The van der Waals surface area contributed by atoms with Crippen molar-refractivity contribution in [3.05, 3.63) is 34.7 Å². The van der Waals surface area contributed by atoms with E-state index in [0.717, 1.165) is 17.5 Å². The molecule has 1 aromatic heterocycles. The smallest absolute Gasteiger partial charge is 0.249 e. The summed E-state index contributed by atoms with van der Waals surface area (Å²) < 4.78 is 5.60. The fourth-order valence-electron chi connectivity index (χ4n) is 1.46. The van der Waals surface area contributed by atoms with Gasteiger partial charge in [0.1, 0.15) is 0 Å². The molecule has 17 heavy (non-hydrogen) atoms. The summed E-state index contributed by atoms with van der Waals surface area (Å²) in [5.41, 5.74) is 1.77. The SMILES string of the molecule is CCC(Br)c1nnc(-c2cccc(C)c2Cl)o1. The Balaban J connectivity index is 2.40. The number of nitrogens with zero attached hydrogens (tertiary/aromatic N) is 2. The summed E-state index contributed by atoms with van der Waals surface area (Å²) in [4.78, 5) is 0.0901. The molecule has 1 atom stereocenters. The van der Waals surface area contributed by atoms with Gasteiger partial charge in [0.05, 0.1) is 15.4 Å². The van der Waals surface area contributed by atoms with Crippen LogP contribution in [0.2, 0.25) is 5.02 Å². The van der Waals surface area contributed by atoms with Gasteiger partial charge in [-0.25, -0.2) is 0 Å². The number of halogens is 2. The van der Waals surface area contributed by atoms with Crippen molar-refractivity contribution in [1.29, 1.82) is 0 Å². The Bertz CT molecular complexity index is 527. The minimum atomic E-state index is 0.0901. The van der Waals surface area contributed by atoms with E-state index in [4.69, 9.17) is 16.0 Å². The third-order valence-corrected chi connectivity index (χ3v) is 4.03. The second kappa shape index (κ2) is 5.19. The van der Waals surface area contributed by atoms with E-state index in [2.05, 4.69) is 26.1 Å². The summed E-state index contributed by atoms with van der Waals surface area (Å²) in [6.07, 6.45) is 0.892. The van der Waals surface area contributed by atoms with Crippen LogP contribution < -0.4 is 0 Å². The number of hydrogen-bond donors (Lipinski definition) is 0. The third kappa shape index (κ3) is 2.53. The number of alkyl halides is 1. The summed E-state index contributed by atoms with van der Waals surface area (Å²) in [6, 6.07) is 5.75. The van der Waals surface area contributed by atoms with Crippen LogP contribution in [0.1, 0.15) is 29.6 Å². The van der Waals surface area contributed by atoms with E-state index in [1.165, 1.54) is 0 Å². The molecule has 2 aromatic rings. The van der Waals surface area contributed by atoms with Crippen molar-refractivity contribution in [3.63, 3.8) is 0 Å². The van der Waals surface area contributed by atoms with Gasteiger partial charge in [-0.15, -0.1) is 10.2 Å². The van der Waals surface area contributed by atoms with Crippen molar-refractivity contribution in [2.45, 2.75) is 25.1 Å². The standard InChI is InChI=1S/C12H12BrClN2O/c1-3-9(13)12-16-15-11(17-12)8-6-4-5-7(2)10(8)14/h4-6,9H,3H2,1-2H3. The zero-order valence-corrected chi connectivity index (χ0v) is 11.9. The highest BCUT2D eigenvalue weighted by Crippen LogP contribution is 2.32. The molecule has 90 valence electrons. The number of aryl methyl sites for hydroxylation is 1. The van der Waals surface area contributed by atoms with Gasteiger partial charge in [0.2, 0.25) is 11.8 Å². The Morgan fingerprint density at radius 1 is 1.41 bits per heavy atom. The lowest BCUT2D eigenvalue weighted by Crippen LogP contribution is -1.86. The van der Waals surface area contributed by atoms with Crippen LogP contribution in [-0.2, 0) is 0 Å². The summed E-state index contributed by atoms with van der Waals surface area (Å²) in [5.74, 6) is 1.05. The first-order chi connectivity index (χ1) is 8.13. The predicted octanol–water partition coefficient (Wildman–Crippen LogP) is 4.54. The molecule has 0 saturated carbocycles. The maximum Gasteiger partial charge on any atom is 0.249 e. The zero-order valence-electron chi connectivity index (χ0n) is 9.58. The van der Waals surface area contributed by atoms with Crippen molar-refractivity contribution in [2.24, 2.45) is 0 Å². The van der Waals surface area contributed by atoms with Crippen LogP contribution in [0.5, 0.6) is 0 Å². The molecule has 0 bridgehead atoms. The third-order valence-electron chi connectivity index (χ3n) is 2.49. The Morgan fingerprint density at radius 2 is 2.18 bits per heavy atom. The molecule has 2 rings (SSSR count). The molecule has 0 fully saturated rings. The van der Waals surface area contributed by atoms with Gasteiger partial charge in [0, 0.05) is 0 Å². The molecule has 0 aliphatic rings. The average Bonchev–Trinajstić information content (AvgIpc) is 2.81. The lowest BCUT2D eigenvalue weighted by Gasteiger charge is -2.02. The highest BCUT2D eigenvalue weighted by Gasteiger charge is 2.16. The Morgan fingerprint density at radius 3 is 2.88 bits per heavy atom. The zero-order chi connectivity index (χ0) is 12.4. The van der Waals surface area contributed by atoms with Gasteiger partial charge >= 0.3 is 0 Å². The first-order valence-corrected chi connectivity index (χ1v) is 6.65. The number of rotatable bonds is 3. The van der Waals surface area contributed by atoms with Crippen molar-refractivity contribution < 1.29 is 4.42 Å². The average molecular weight is 316 g/mol. The molecule has 1 unspecified atom stereocenters. The number of aromatic nitrogens is 2. The van der Waals surface area contributed by atoms with Crippen LogP contribution in [0.4, 0.5) is 0 Å². The summed E-state index contributed by atoms with van der Waals surface area (Å²) >= 11 is 9.69. The number of hydrogen-bond acceptors (Lipinski definition) is 3. The second-order valence-corrected chi connectivity index (χ2v) is 5.24. The molecule has 0 N–H and O–H groups in total. The van der Waals surface area contributed by atoms with Crippen molar-refractivity contribution in [3.8, 4) is 11.5 Å². The molecule has 1 heterocycles. The highest BCUT2D eigenvalue weighted by molar-refractivity contribution is 9.09. The van der Waals surface area contributed by atoms with Crippen molar-refractivity contribution >= 4 is 27.5 Å². The van der Waals surface area contributed by atoms with Gasteiger partial charge in [-0.3, -0.25) is 0 Å². The minimum absolute atomic E-state index is 0.0901. The van der Waals surface area contributed by atoms with E-state index < -0.39 is 0 Å². The molecule has 0 spiro atoms. The summed E-state index contributed by atoms with van der Waals surface area (Å²) in [5, 5.41) is 8.70. The van der Waals surface area contributed by atoms with E-state index in [0.29, 0.717) is 16.8 Å². The van der Waals surface area contributed by atoms with Crippen molar-refractivity contribution in [2.75, 3.05) is 0 Å². The summed E-state index contributed by atoms with van der Waals surface area (Å²) in [7, 11) is 0. The molecule has 5 heteroatoms. The van der Waals surface area contributed by atoms with Gasteiger partial charge in [-0.1, -0.05) is 46.6 Å². The molecular formula is C12H12BrClN2O. The van der Waals surface area contributed by atoms with E-state index in [-0.39, 0.29) is 4.83 Å². The quantitative estimate of drug-likeness (QED) is 0.780. The van der Waals surface area contributed by atoms with Crippen LogP contribution in [0, 0.1) is 6.92 Å². The van der Waals surface area contributed by atoms with Gasteiger partial charge < -0.3 is 4.42 Å².